The van der Waals surface area contributed by atoms with E-state index in [9.17, 15) is 9.59 Å². The molecule has 1 aliphatic heterocycles. The van der Waals surface area contributed by atoms with Crippen molar-refractivity contribution in [1.82, 2.24) is 14.9 Å². The molecule has 0 spiro atoms. The summed E-state index contributed by atoms with van der Waals surface area (Å²) in [5, 5.41) is 0. The smallest absolute Gasteiger partial charge is 0.233 e. The van der Waals surface area contributed by atoms with Crippen molar-refractivity contribution in [2.45, 2.75) is 19.9 Å². The maximum atomic E-state index is 11.7. The number of carbonyl (C=O) groups is 2. The fraction of sp³-hybridized carbons (Fsp3) is 0.455. The lowest BCUT2D eigenvalue weighted by molar-refractivity contribution is -0.142. The van der Waals surface area contributed by atoms with Crippen molar-refractivity contribution in [1.29, 1.82) is 0 Å². The number of nitrogens with two attached hydrogens (primary N) is 1. The molecule has 88 valence electrons. The highest BCUT2D eigenvalue weighted by Crippen LogP contribution is 2.47. The second-order valence-electron chi connectivity index (χ2n) is 4.56. The Kier molecular flexibility index (Phi) is 1.95. The zero-order valence-electron chi connectivity index (χ0n) is 9.38. The monoisotopic (exact) mass is 232 g/mol. The SMILES string of the molecule is Cc1cc(N)nc(CN2C(=O)C3CC3C2=O)n1. The number of imide groups is 1. The first-order valence-corrected chi connectivity index (χ1v) is 5.51. The van der Waals surface area contributed by atoms with E-state index < -0.39 is 0 Å². The van der Waals surface area contributed by atoms with Crippen LogP contribution in [0.15, 0.2) is 6.07 Å². The lowest BCUT2D eigenvalue weighted by atomic mass is 10.3. The number of carbonyl (C=O) groups excluding carboxylic acids is 2. The molecule has 0 bridgehead atoms. The molecule has 1 aliphatic carbocycles. The van der Waals surface area contributed by atoms with Gasteiger partial charge in [0.2, 0.25) is 11.8 Å². The molecule has 2 fully saturated rings. The van der Waals surface area contributed by atoms with E-state index in [1.54, 1.807) is 13.0 Å². The van der Waals surface area contributed by atoms with Crippen LogP contribution < -0.4 is 5.73 Å². The van der Waals surface area contributed by atoms with E-state index in [0.717, 1.165) is 5.69 Å². The van der Waals surface area contributed by atoms with Gasteiger partial charge in [0, 0.05) is 11.8 Å². The average molecular weight is 232 g/mol. The normalized spacial score (nSPS) is 26.3. The first-order valence-electron chi connectivity index (χ1n) is 5.51. The Hall–Kier alpha value is -1.98. The highest BCUT2D eigenvalue weighted by Gasteiger charge is 2.58. The quantitative estimate of drug-likeness (QED) is 0.717. The van der Waals surface area contributed by atoms with Crippen LogP contribution in [0.3, 0.4) is 0 Å². The summed E-state index contributed by atoms with van der Waals surface area (Å²) in [5.41, 5.74) is 6.33. The molecule has 1 aromatic rings. The molecular weight excluding hydrogens is 220 g/mol. The molecule has 1 saturated heterocycles. The number of aromatic nitrogens is 2. The molecule has 1 saturated carbocycles. The molecule has 6 heteroatoms. The van der Waals surface area contributed by atoms with Gasteiger partial charge in [0.05, 0.1) is 18.4 Å². The van der Waals surface area contributed by atoms with E-state index in [1.807, 2.05) is 0 Å². The van der Waals surface area contributed by atoms with Crippen LogP contribution in [-0.2, 0) is 16.1 Å². The molecular formula is C11H12N4O2. The minimum atomic E-state index is -0.0938. The van der Waals surface area contributed by atoms with E-state index in [1.165, 1.54) is 4.90 Å². The average Bonchev–Trinajstić information content (AvgIpc) is 2.98. The maximum Gasteiger partial charge on any atom is 0.233 e. The van der Waals surface area contributed by atoms with Crippen molar-refractivity contribution in [3.8, 4) is 0 Å². The van der Waals surface area contributed by atoms with Gasteiger partial charge in [-0.1, -0.05) is 0 Å². The summed E-state index contributed by atoms with van der Waals surface area (Å²) in [5.74, 6) is 0.434. The Balaban J connectivity index is 1.83. The number of amides is 2. The molecule has 6 nitrogen and oxygen atoms in total. The third kappa shape index (κ3) is 1.56. The van der Waals surface area contributed by atoms with Crippen LogP contribution in [0.1, 0.15) is 17.9 Å². The topological polar surface area (TPSA) is 89.2 Å². The van der Waals surface area contributed by atoms with Crippen LogP contribution in [0, 0.1) is 18.8 Å². The van der Waals surface area contributed by atoms with Crippen LogP contribution in [0.25, 0.3) is 0 Å². The maximum absolute atomic E-state index is 11.7. The lowest BCUT2D eigenvalue weighted by Gasteiger charge is -2.15. The first-order chi connectivity index (χ1) is 8.06. The first kappa shape index (κ1) is 10.2. The van der Waals surface area contributed by atoms with Crippen molar-refractivity contribution in [2.75, 3.05) is 5.73 Å². The van der Waals surface area contributed by atoms with Crippen molar-refractivity contribution in [3.05, 3.63) is 17.6 Å². The summed E-state index contributed by atoms with van der Waals surface area (Å²) in [6.45, 7) is 1.93. The molecule has 2 N–H and O–H groups in total. The number of hydrogen-bond acceptors (Lipinski definition) is 5. The molecule has 2 amide bonds. The van der Waals surface area contributed by atoms with Crippen molar-refractivity contribution >= 4 is 17.6 Å². The van der Waals surface area contributed by atoms with Gasteiger partial charge in [-0.3, -0.25) is 14.5 Å². The van der Waals surface area contributed by atoms with Crippen LogP contribution in [-0.4, -0.2) is 26.7 Å². The van der Waals surface area contributed by atoms with E-state index >= 15 is 0 Å². The van der Waals surface area contributed by atoms with Crippen LogP contribution in [0.2, 0.25) is 0 Å². The van der Waals surface area contributed by atoms with Crippen LogP contribution >= 0.6 is 0 Å². The van der Waals surface area contributed by atoms with E-state index in [4.69, 9.17) is 5.73 Å². The Morgan fingerprint density at radius 2 is 2.00 bits per heavy atom. The zero-order chi connectivity index (χ0) is 12.2. The lowest BCUT2D eigenvalue weighted by Crippen LogP contribution is -2.33. The van der Waals surface area contributed by atoms with Gasteiger partial charge in [0.1, 0.15) is 5.82 Å². The largest absolute Gasteiger partial charge is 0.384 e. The number of piperidine rings is 1. The summed E-state index contributed by atoms with van der Waals surface area (Å²) in [7, 11) is 0. The van der Waals surface area contributed by atoms with Crippen molar-refractivity contribution in [3.63, 3.8) is 0 Å². The van der Waals surface area contributed by atoms with Gasteiger partial charge in [-0.15, -0.1) is 0 Å². The Morgan fingerprint density at radius 1 is 1.35 bits per heavy atom. The van der Waals surface area contributed by atoms with E-state index in [0.29, 0.717) is 18.1 Å². The predicted molar refractivity (Wildman–Crippen MR) is 58.3 cm³/mol. The summed E-state index contributed by atoms with van der Waals surface area (Å²) in [4.78, 5) is 32.9. The molecule has 2 heterocycles. The minimum Gasteiger partial charge on any atom is -0.384 e. The van der Waals surface area contributed by atoms with Crippen LogP contribution in [0.4, 0.5) is 5.82 Å². The third-order valence-electron chi connectivity index (χ3n) is 3.18. The molecule has 2 atom stereocenters. The molecule has 1 aromatic heterocycles. The van der Waals surface area contributed by atoms with E-state index in [2.05, 4.69) is 9.97 Å². The molecule has 0 radical (unpaired) electrons. The fourth-order valence-electron chi connectivity index (χ4n) is 2.27. The van der Waals surface area contributed by atoms with Gasteiger partial charge in [0.25, 0.3) is 0 Å². The summed E-state index contributed by atoms with van der Waals surface area (Å²) in [6, 6.07) is 1.65. The van der Waals surface area contributed by atoms with Gasteiger partial charge < -0.3 is 5.73 Å². The molecule has 17 heavy (non-hydrogen) atoms. The summed E-state index contributed by atoms with van der Waals surface area (Å²) in [6.07, 6.45) is 0.713. The number of rotatable bonds is 2. The van der Waals surface area contributed by atoms with E-state index in [-0.39, 0.29) is 30.2 Å². The molecule has 2 unspecified atom stereocenters. The van der Waals surface area contributed by atoms with Gasteiger partial charge >= 0.3 is 0 Å². The molecule has 0 aromatic carbocycles. The van der Waals surface area contributed by atoms with Gasteiger partial charge in [0.15, 0.2) is 5.82 Å². The predicted octanol–water partition coefficient (Wildman–Crippen LogP) is -0.128. The number of nitrogens with zero attached hydrogens (tertiary/aromatic N) is 3. The number of fused-ring (bicyclic) bond motifs is 1. The van der Waals surface area contributed by atoms with Gasteiger partial charge in [-0.2, -0.15) is 0 Å². The number of likely N-dealkylation sites (tertiary alicyclic amines) is 1. The highest BCUT2D eigenvalue weighted by atomic mass is 16.2. The summed E-state index contributed by atoms with van der Waals surface area (Å²) >= 11 is 0. The summed E-state index contributed by atoms with van der Waals surface area (Å²) < 4.78 is 0. The second-order valence-corrected chi connectivity index (χ2v) is 4.56. The Morgan fingerprint density at radius 3 is 2.59 bits per heavy atom. The molecule has 2 aliphatic rings. The van der Waals surface area contributed by atoms with Crippen LogP contribution in [0.5, 0.6) is 0 Å². The Labute approximate surface area is 97.8 Å². The Bertz CT molecular complexity index is 488. The number of nitrogen functional groups attached to an aromatic ring is 1. The highest BCUT2D eigenvalue weighted by molar-refractivity contribution is 6.08. The van der Waals surface area contributed by atoms with Gasteiger partial charge in [-0.25, -0.2) is 9.97 Å². The number of aryl methyl sites for hydroxylation is 1. The third-order valence-corrected chi connectivity index (χ3v) is 3.18. The number of hydrogen-bond donors (Lipinski definition) is 1. The van der Waals surface area contributed by atoms with Gasteiger partial charge in [-0.05, 0) is 13.3 Å². The standard InChI is InChI=1S/C11H12N4O2/c1-5-2-8(12)14-9(13-5)4-15-10(16)6-3-7(6)11(15)17/h2,6-7H,3-4H2,1H3,(H2,12,13,14). The van der Waals surface area contributed by atoms with Crippen molar-refractivity contribution < 1.29 is 9.59 Å². The second kappa shape index (κ2) is 3.26. The fourth-order valence-corrected chi connectivity index (χ4v) is 2.27. The minimum absolute atomic E-state index is 0.0790. The number of anilines is 1. The van der Waals surface area contributed by atoms with Crippen molar-refractivity contribution in [2.24, 2.45) is 11.8 Å². The molecule has 3 rings (SSSR count). The zero-order valence-corrected chi connectivity index (χ0v) is 9.38.